The summed E-state index contributed by atoms with van der Waals surface area (Å²) in [6.45, 7) is 4.38. The summed E-state index contributed by atoms with van der Waals surface area (Å²) in [5.74, 6) is 0.926. The first-order valence-corrected chi connectivity index (χ1v) is 5.75. The van der Waals surface area contributed by atoms with Gasteiger partial charge >= 0.3 is 0 Å². The zero-order valence-corrected chi connectivity index (χ0v) is 10.0. The van der Waals surface area contributed by atoms with E-state index in [1.165, 1.54) is 6.42 Å². The first-order chi connectivity index (χ1) is 7.74. The molecule has 1 rings (SSSR count). The van der Waals surface area contributed by atoms with Crippen LogP contribution >= 0.6 is 0 Å². The van der Waals surface area contributed by atoms with Crippen molar-refractivity contribution < 1.29 is 9.53 Å². The first-order valence-electron chi connectivity index (χ1n) is 5.75. The van der Waals surface area contributed by atoms with E-state index in [1.54, 1.807) is 19.1 Å². The Kier molecular flexibility index (Phi) is 5.69. The highest BCUT2D eigenvalue weighted by molar-refractivity contribution is 6.33. The third-order valence-electron chi connectivity index (χ3n) is 2.42. The fourth-order valence-corrected chi connectivity index (χ4v) is 1.43. The predicted molar refractivity (Wildman–Crippen MR) is 67.6 cm³/mol. The molecular formula is C13H18BO2. The second-order valence-corrected chi connectivity index (χ2v) is 3.83. The van der Waals surface area contributed by atoms with Crippen molar-refractivity contribution in [3.05, 3.63) is 29.8 Å². The van der Waals surface area contributed by atoms with Gasteiger partial charge in [-0.2, -0.15) is 0 Å². The van der Waals surface area contributed by atoms with E-state index >= 15 is 0 Å². The van der Waals surface area contributed by atoms with Crippen LogP contribution in [-0.2, 0) is 0 Å². The van der Waals surface area contributed by atoms with Gasteiger partial charge in [0.2, 0.25) is 0 Å². The minimum absolute atomic E-state index is 0.0880. The minimum Gasteiger partial charge on any atom is -0.494 e. The molecule has 0 aliphatic heterocycles. The molecule has 16 heavy (non-hydrogen) atoms. The zero-order valence-electron chi connectivity index (χ0n) is 10.0. The van der Waals surface area contributed by atoms with Gasteiger partial charge in [0.25, 0.3) is 0 Å². The quantitative estimate of drug-likeness (QED) is 0.398. The molecule has 0 N–H and O–H groups in total. The molecule has 0 amide bonds. The highest BCUT2D eigenvalue weighted by atomic mass is 16.5. The number of hydrogen-bond acceptors (Lipinski definition) is 2. The molecule has 1 radical (unpaired) electrons. The molecule has 0 bridgehead atoms. The maximum atomic E-state index is 11.0. The summed E-state index contributed by atoms with van der Waals surface area (Å²) in [5, 5.41) is 0. The third-order valence-corrected chi connectivity index (χ3v) is 2.42. The number of carbonyl (C=O) groups excluding carboxylic acids is 1. The van der Waals surface area contributed by atoms with Crippen molar-refractivity contribution in [2.24, 2.45) is 0 Å². The summed E-state index contributed by atoms with van der Waals surface area (Å²) in [5.41, 5.74) is 0.730. The van der Waals surface area contributed by atoms with Gasteiger partial charge in [-0.3, -0.25) is 4.79 Å². The van der Waals surface area contributed by atoms with E-state index in [9.17, 15) is 4.79 Å². The molecule has 2 nitrogen and oxygen atoms in total. The molecular weight excluding hydrogens is 199 g/mol. The highest BCUT2D eigenvalue weighted by Crippen LogP contribution is 2.13. The number of unbranched alkanes of at least 4 members (excludes halogenated alkanes) is 1. The van der Waals surface area contributed by atoms with Gasteiger partial charge in [-0.05, 0) is 37.6 Å². The maximum absolute atomic E-state index is 11.0. The van der Waals surface area contributed by atoms with Crippen molar-refractivity contribution in [1.29, 1.82) is 0 Å². The second-order valence-electron chi connectivity index (χ2n) is 3.83. The lowest BCUT2D eigenvalue weighted by molar-refractivity contribution is 0.101. The molecule has 0 spiro atoms. The Labute approximate surface area is 98.2 Å². The van der Waals surface area contributed by atoms with Crippen LogP contribution in [0.1, 0.15) is 30.1 Å². The summed E-state index contributed by atoms with van der Waals surface area (Å²) in [7, 11) is 2.17. The molecule has 0 saturated heterocycles. The van der Waals surface area contributed by atoms with Crippen LogP contribution in [0.5, 0.6) is 5.75 Å². The number of ketones is 1. The molecule has 1 aromatic rings. The summed E-state index contributed by atoms with van der Waals surface area (Å²) in [4.78, 5) is 11.0. The topological polar surface area (TPSA) is 26.3 Å². The van der Waals surface area contributed by atoms with Crippen LogP contribution in [-0.4, -0.2) is 19.7 Å². The van der Waals surface area contributed by atoms with E-state index < -0.39 is 0 Å². The number of carbonyl (C=O) groups is 1. The molecule has 1 aromatic carbocycles. The Hall–Kier alpha value is -1.25. The van der Waals surface area contributed by atoms with Crippen LogP contribution in [0.3, 0.4) is 0 Å². The molecule has 0 fully saturated rings. The van der Waals surface area contributed by atoms with Crippen molar-refractivity contribution in [2.45, 2.75) is 32.9 Å². The van der Waals surface area contributed by atoms with Crippen molar-refractivity contribution >= 4 is 13.1 Å². The molecule has 3 heteroatoms. The molecule has 0 atom stereocenters. The number of rotatable bonds is 7. The average molecular weight is 217 g/mol. The normalized spacial score (nSPS) is 9.88. The Morgan fingerprint density at radius 1 is 1.25 bits per heavy atom. The van der Waals surface area contributed by atoms with Gasteiger partial charge in [-0.15, -0.1) is 0 Å². The van der Waals surface area contributed by atoms with Crippen LogP contribution in [0.4, 0.5) is 0 Å². The van der Waals surface area contributed by atoms with Gasteiger partial charge in [0.15, 0.2) is 5.78 Å². The number of hydrogen-bond donors (Lipinski definition) is 0. The monoisotopic (exact) mass is 217 g/mol. The largest absolute Gasteiger partial charge is 0.494 e. The standard InChI is InChI=1S/C13H18BO2/c1-11(15)12-5-7-13(8-6-12)16-10-4-3-9-14-2/h5-8H,3-4,9-10H2,1-2H3. The van der Waals surface area contributed by atoms with Crippen LogP contribution in [0.25, 0.3) is 0 Å². The van der Waals surface area contributed by atoms with E-state index in [-0.39, 0.29) is 5.78 Å². The molecule has 85 valence electrons. The number of Topliss-reactive ketones (excluding diaryl/α,β-unsaturated/α-hetero) is 1. The summed E-state index contributed by atoms with van der Waals surface area (Å²) in [6, 6.07) is 7.31. The fraction of sp³-hybridized carbons (Fsp3) is 0.462. The molecule has 0 aliphatic rings. The maximum Gasteiger partial charge on any atom is 0.159 e. The van der Waals surface area contributed by atoms with Crippen LogP contribution in [0.15, 0.2) is 24.3 Å². The van der Waals surface area contributed by atoms with E-state index in [1.807, 2.05) is 12.1 Å². The highest BCUT2D eigenvalue weighted by Gasteiger charge is 1.99. The lowest BCUT2D eigenvalue weighted by atomic mass is 9.76. The molecule has 0 aliphatic carbocycles. The fourth-order valence-electron chi connectivity index (χ4n) is 1.43. The molecule has 0 aromatic heterocycles. The van der Waals surface area contributed by atoms with Crippen molar-refractivity contribution in [3.63, 3.8) is 0 Å². The Morgan fingerprint density at radius 3 is 2.50 bits per heavy atom. The minimum atomic E-state index is 0.0880. The lowest BCUT2D eigenvalue weighted by Crippen LogP contribution is -1.98. The average Bonchev–Trinajstić information content (AvgIpc) is 2.29. The van der Waals surface area contributed by atoms with Gasteiger partial charge in [-0.25, -0.2) is 0 Å². The van der Waals surface area contributed by atoms with Crippen molar-refractivity contribution in [3.8, 4) is 5.75 Å². The summed E-state index contributed by atoms with van der Waals surface area (Å²) >= 11 is 0. The van der Waals surface area contributed by atoms with Gasteiger partial charge in [0.05, 0.1) is 6.61 Å². The number of ether oxygens (including phenoxy) is 1. The van der Waals surface area contributed by atoms with E-state index in [0.29, 0.717) is 0 Å². The van der Waals surface area contributed by atoms with Crippen molar-refractivity contribution in [2.75, 3.05) is 6.61 Å². The lowest BCUT2D eigenvalue weighted by Gasteiger charge is -2.06. The Bertz CT molecular complexity index is 319. The van der Waals surface area contributed by atoms with Gasteiger partial charge in [0.1, 0.15) is 13.0 Å². The van der Waals surface area contributed by atoms with E-state index in [0.717, 1.165) is 30.7 Å². The van der Waals surface area contributed by atoms with Crippen molar-refractivity contribution in [1.82, 2.24) is 0 Å². The Morgan fingerprint density at radius 2 is 1.94 bits per heavy atom. The molecule has 0 unspecified atom stereocenters. The second kappa shape index (κ2) is 7.10. The Balaban J connectivity index is 2.29. The van der Waals surface area contributed by atoms with Gasteiger partial charge in [0, 0.05) is 5.56 Å². The molecule has 0 saturated carbocycles. The van der Waals surface area contributed by atoms with E-state index in [4.69, 9.17) is 4.74 Å². The summed E-state index contributed by atoms with van der Waals surface area (Å²) in [6.07, 6.45) is 3.38. The van der Waals surface area contributed by atoms with Crippen LogP contribution in [0.2, 0.25) is 13.1 Å². The zero-order chi connectivity index (χ0) is 11.8. The first kappa shape index (κ1) is 12.8. The van der Waals surface area contributed by atoms with E-state index in [2.05, 4.69) is 14.1 Å². The SMILES string of the molecule is C[B]CCCCOc1ccc(C(C)=O)cc1. The predicted octanol–water partition coefficient (Wildman–Crippen LogP) is 3.22. The summed E-state index contributed by atoms with van der Waals surface area (Å²) < 4.78 is 5.56. The third kappa shape index (κ3) is 4.52. The van der Waals surface area contributed by atoms with Gasteiger partial charge in [-0.1, -0.05) is 19.6 Å². The van der Waals surface area contributed by atoms with Gasteiger partial charge < -0.3 is 4.74 Å². The van der Waals surface area contributed by atoms with Crippen LogP contribution < -0.4 is 4.74 Å². The van der Waals surface area contributed by atoms with Crippen LogP contribution in [0, 0.1) is 0 Å². The molecule has 0 heterocycles. The smallest absolute Gasteiger partial charge is 0.159 e. The number of benzene rings is 1.